The molecule has 0 heterocycles. The molecule has 28 heavy (non-hydrogen) atoms. The molecule has 0 aliphatic carbocycles. The molecule has 2 aromatic carbocycles. The SMILES string of the molecule is Cc1ccc(SCC(=O)N(Cc2ccc(F)cc2)[C@H](C)C(=O)NC(C)C)cc1. The molecule has 0 unspecified atom stereocenters. The largest absolute Gasteiger partial charge is 0.352 e. The smallest absolute Gasteiger partial charge is 0.242 e. The summed E-state index contributed by atoms with van der Waals surface area (Å²) in [7, 11) is 0. The van der Waals surface area contributed by atoms with Gasteiger partial charge in [-0.25, -0.2) is 4.39 Å². The summed E-state index contributed by atoms with van der Waals surface area (Å²) >= 11 is 1.44. The molecule has 0 saturated carbocycles. The quantitative estimate of drug-likeness (QED) is 0.675. The molecule has 2 amide bonds. The maximum absolute atomic E-state index is 13.2. The molecule has 0 aromatic heterocycles. The number of nitrogens with one attached hydrogen (secondary N) is 1. The Hall–Kier alpha value is -2.34. The number of aryl methyl sites for hydroxylation is 1. The van der Waals surface area contributed by atoms with E-state index in [-0.39, 0.29) is 36.0 Å². The van der Waals surface area contributed by atoms with Crippen molar-refractivity contribution in [3.05, 3.63) is 65.5 Å². The fourth-order valence-electron chi connectivity index (χ4n) is 2.64. The van der Waals surface area contributed by atoms with Crippen LogP contribution in [-0.2, 0) is 16.1 Å². The van der Waals surface area contributed by atoms with E-state index in [1.54, 1.807) is 24.0 Å². The Bertz CT molecular complexity index is 791. The zero-order valence-electron chi connectivity index (χ0n) is 16.7. The van der Waals surface area contributed by atoms with E-state index in [2.05, 4.69) is 5.32 Å². The third-order valence-electron chi connectivity index (χ3n) is 4.25. The number of carbonyl (C=O) groups is 2. The van der Waals surface area contributed by atoms with Crippen molar-refractivity contribution in [3.63, 3.8) is 0 Å². The van der Waals surface area contributed by atoms with Crippen LogP contribution < -0.4 is 5.32 Å². The van der Waals surface area contributed by atoms with E-state index in [4.69, 9.17) is 0 Å². The van der Waals surface area contributed by atoms with Gasteiger partial charge in [-0.1, -0.05) is 29.8 Å². The van der Waals surface area contributed by atoms with Gasteiger partial charge in [0.05, 0.1) is 5.75 Å². The van der Waals surface area contributed by atoms with Crippen LogP contribution in [-0.4, -0.2) is 34.6 Å². The first kappa shape index (κ1) is 22.0. The molecule has 0 saturated heterocycles. The molecule has 2 rings (SSSR count). The number of hydrogen-bond acceptors (Lipinski definition) is 3. The minimum Gasteiger partial charge on any atom is -0.352 e. The van der Waals surface area contributed by atoms with E-state index in [0.717, 1.165) is 16.0 Å². The zero-order valence-corrected chi connectivity index (χ0v) is 17.6. The second-order valence-electron chi connectivity index (χ2n) is 7.09. The highest BCUT2D eigenvalue weighted by Gasteiger charge is 2.26. The topological polar surface area (TPSA) is 49.4 Å². The van der Waals surface area contributed by atoms with Gasteiger partial charge in [0.15, 0.2) is 0 Å². The first-order valence-electron chi connectivity index (χ1n) is 9.30. The van der Waals surface area contributed by atoms with E-state index in [1.807, 2.05) is 45.0 Å². The van der Waals surface area contributed by atoms with Gasteiger partial charge < -0.3 is 10.2 Å². The molecule has 0 aliphatic rings. The van der Waals surface area contributed by atoms with Crippen molar-refractivity contribution in [1.82, 2.24) is 10.2 Å². The van der Waals surface area contributed by atoms with Crippen molar-refractivity contribution >= 4 is 23.6 Å². The summed E-state index contributed by atoms with van der Waals surface area (Å²) in [5.74, 6) is -0.446. The van der Waals surface area contributed by atoms with Gasteiger partial charge >= 0.3 is 0 Å². The van der Waals surface area contributed by atoms with E-state index < -0.39 is 6.04 Å². The predicted molar refractivity (Wildman–Crippen MR) is 112 cm³/mol. The van der Waals surface area contributed by atoms with Gasteiger partial charge in [0.1, 0.15) is 11.9 Å². The van der Waals surface area contributed by atoms with Crippen LogP contribution in [0, 0.1) is 12.7 Å². The van der Waals surface area contributed by atoms with Gasteiger partial charge in [-0.05, 0) is 57.5 Å². The lowest BCUT2D eigenvalue weighted by molar-refractivity contribution is -0.138. The Morgan fingerprint density at radius 2 is 1.64 bits per heavy atom. The number of thioether (sulfide) groups is 1. The maximum atomic E-state index is 13.2. The summed E-state index contributed by atoms with van der Waals surface area (Å²) < 4.78 is 13.2. The molecule has 6 heteroatoms. The molecule has 2 aromatic rings. The summed E-state index contributed by atoms with van der Waals surface area (Å²) in [6.45, 7) is 7.74. The lowest BCUT2D eigenvalue weighted by atomic mass is 10.1. The van der Waals surface area contributed by atoms with Crippen molar-refractivity contribution in [1.29, 1.82) is 0 Å². The molecule has 1 N–H and O–H groups in total. The third kappa shape index (κ3) is 6.68. The lowest BCUT2D eigenvalue weighted by Gasteiger charge is -2.29. The summed E-state index contributed by atoms with van der Waals surface area (Å²) in [4.78, 5) is 28.0. The Labute approximate surface area is 170 Å². The summed E-state index contributed by atoms with van der Waals surface area (Å²) in [5.41, 5.74) is 1.94. The van der Waals surface area contributed by atoms with Crippen molar-refractivity contribution in [3.8, 4) is 0 Å². The molecule has 4 nitrogen and oxygen atoms in total. The maximum Gasteiger partial charge on any atom is 0.242 e. The number of carbonyl (C=O) groups excluding carboxylic acids is 2. The lowest BCUT2D eigenvalue weighted by Crippen LogP contribution is -2.49. The van der Waals surface area contributed by atoms with Crippen molar-refractivity contribution in [2.24, 2.45) is 0 Å². The van der Waals surface area contributed by atoms with Crippen LogP contribution in [0.15, 0.2) is 53.4 Å². The first-order valence-corrected chi connectivity index (χ1v) is 10.3. The Kier molecular flexibility index (Phi) is 8.05. The fourth-order valence-corrected chi connectivity index (χ4v) is 3.42. The van der Waals surface area contributed by atoms with E-state index in [0.29, 0.717) is 0 Å². The summed E-state index contributed by atoms with van der Waals surface area (Å²) in [6.07, 6.45) is 0. The van der Waals surface area contributed by atoms with Crippen LogP contribution in [0.1, 0.15) is 31.9 Å². The number of halogens is 1. The van der Waals surface area contributed by atoms with Crippen LogP contribution in [0.2, 0.25) is 0 Å². The van der Waals surface area contributed by atoms with Gasteiger partial charge in [-0.15, -0.1) is 11.8 Å². The summed E-state index contributed by atoms with van der Waals surface area (Å²) in [5, 5.41) is 2.85. The van der Waals surface area contributed by atoms with Crippen LogP contribution in [0.4, 0.5) is 4.39 Å². The molecule has 1 atom stereocenters. The summed E-state index contributed by atoms with van der Waals surface area (Å²) in [6, 6.07) is 13.3. The Morgan fingerprint density at radius 3 is 2.21 bits per heavy atom. The number of rotatable bonds is 8. The normalized spacial score (nSPS) is 11.9. The zero-order chi connectivity index (χ0) is 20.7. The van der Waals surface area contributed by atoms with Crippen LogP contribution in [0.3, 0.4) is 0 Å². The standard InChI is InChI=1S/C22H27FN2O2S/c1-15(2)24-22(27)17(4)25(13-18-7-9-19(23)10-8-18)21(26)14-28-20-11-5-16(3)6-12-20/h5-12,15,17H,13-14H2,1-4H3,(H,24,27)/t17-/m1/s1. The molecule has 0 bridgehead atoms. The van der Waals surface area contributed by atoms with E-state index in [1.165, 1.54) is 23.9 Å². The second-order valence-corrected chi connectivity index (χ2v) is 8.14. The second kappa shape index (κ2) is 10.3. The third-order valence-corrected chi connectivity index (χ3v) is 5.24. The van der Waals surface area contributed by atoms with Crippen molar-refractivity contribution in [2.45, 2.75) is 51.2 Å². The molecule has 0 aliphatic heterocycles. The van der Waals surface area contributed by atoms with Crippen molar-refractivity contribution in [2.75, 3.05) is 5.75 Å². The van der Waals surface area contributed by atoms with Crippen molar-refractivity contribution < 1.29 is 14.0 Å². The van der Waals surface area contributed by atoms with Gasteiger partial charge in [0, 0.05) is 17.5 Å². The highest BCUT2D eigenvalue weighted by Crippen LogP contribution is 2.20. The number of nitrogens with zero attached hydrogens (tertiary/aromatic N) is 1. The number of benzene rings is 2. The molecule has 150 valence electrons. The minimum atomic E-state index is -0.626. The number of hydrogen-bond donors (Lipinski definition) is 1. The number of amides is 2. The first-order chi connectivity index (χ1) is 13.3. The molecular formula is C22H27FN2O2S. The van der Waals surface area contributed by atoms with Crippen LogP contribution >= 0.6 is 11.8 Å². The highest BCUT2D eigenvalue weighted by atomic mass is 32.2. The monoisotopic (exact) mass is 402 g/mol. The Morgan fingerprint density at radius 1 is 1.04 bits per heavy atom. The average molecular weight is 403 g/mol. The van der Waals surface area contributed by atoms with Gasteiger partial charge in [-0.3, -0.25) is 9.59 Å². The van der Waals surface area contributed by atoms with Crippen LogP contribution in [0.25, 0.3) is 0 Å². The van der Waals surface area contributed by atoms with Gasteiger partial charge in [-0.2, -0.15) is 0 Å². The predicted octanol–water partition coefficient (Wildman–Crippen LogP) is 4.17. The molecular weight excluding hydrogens is 375 g/mol. The average Bonchev–Trinajstić information content (AvgIpc) is 2.65. The van der Waals surface area contributed by atoms with Gasteiger partial charge in [0.2, 0.25) is 11.8 Å². The van der Waals surface area contributed by atoms with E-state index >= 15 is 0 Å². The minimum absolute atomic E-state index is 0.0142. The molecule has 0 fully saturated rings. The Balaban J connectivity index is 2.12. The fraction of sp³-hybridized carbons (Fsp3) is 0.364. The molecule has 0 radical (unpaired) electrons. The van der Waals surface area contributed by atoms with Gasteiger partial charge in [0.25, 0.3) is 0 Å². The highest BCUT2D eigenvalue weighted by molar-refractivity contribution is 8.00. The van der Waals surface area contributed by atoms with Crippen LogP contribution in [0.5, 0.6) is 0 Å². The van der Waals surface area contributed by atoms with E-state index in [9.17, 15) is 14.0 Å². The molecule has 0 spiro atoms.